The average molecular weight is 653 g/mol. The molecule has 238 valence electrons. The fraction of sp³-hybridized carbons (Fsp3) is 0. The Balaban J connectivity index is 1.17. The Kier molecular flexibility index (Phi) is 6.74. The van der Waals surface area contributed by atoms with Gasteiger partial charge in [0.05, 0.1) is 5.52 Å². The van der Waals surface area contributed by atoms with Crippen LogP contribution in [-0.2, 0) is 0 Å². The number of nitrogens with zero attached hydrogens (tertiary/aromatic N) is 4. The van der Waals surface area contributed by atoms with Crippen molar-refractivity contribution in [3.8, 4) is 56.4 Å². The van der Waals surface area contributed by atoms with Crippen LogP contribution in [0.25, 0.3) is 100 Å². The van der Waals surface area contributed by atoms with Gasteiger partial charge in [0.15, 0.2) is 17.5 Å². The second kappa shape index (κ2) is 11.9. The Bertz CT molecular complexity index is 2860. The second-order valence-electron chi connectivity index (χ2n) is 12.7. The van der Waals surface area contributed by atoms with E-state index < -0.39 is 0 Å². The zero-order chi connectivity index (χ0) is 33.7. The summed E-state index contributed by atoms with van der Waals surface area (Å²) in [7, 11) is 0. The van der Waals surface area contributed by atoms with Crippen LogP contribution >= 0.6 is 0 Å². The fourth-order valence-corrected chi connectivity index (χ4v) is 7.01. The molecular formula is C46H28N4O. The summed E-state index contributed by atoms with van der Waals surface area (Å²) < 4.78 is 6.61. The van der Waals surface area contributed by atoms with Crippen LogP contribution in [0.1, 0.15) is 0 Å². The van der Waals surface area contributed by atoms with E-state index in [9.17, 15) is 0 Å². The van der Waals surface area contributed by atoms with E-state index in [0.29, 0.717) is 17.5 Å². The summed E-state index contributed by atoms with van der Waals surface area (Å²) in [6.45, 7) is 0. The van der Waals surface area contributed by atoms with Crippen LogP contribution in [0.3, 0.4) is 0 Å². The first-order chi connectivity index (χ1) is 25.2. The van der Waals surface area contributed by atoms with Crippen molar-refractivity contribution in [1.82, 2.24) is 19.9 Å². The normalized spacial score (nSPS) is 11.5. The van der Waals surface area contributed by atoms with Gasteiger partial charge in [-0.2, -0.15) is 0 Å². The largest absolute Gasteiger partial charge is 0.455 e. The quantitative estimate of drug-likeness (QED) is 0.173. The minimum absolute atomic E-state index is 0.608. The Labute approximate surface area is 293 Å². The molecule has 0 aliphatic rings. The zero-order valence-electron chi connectivity index (χ0n) is 27.4. The monoisotopic (exact) mass is 652 g/mol. The summed E-state index contributed by atoms with van der Waals surface area (Å²) in [6.07, 6.45) is 1.96. The predicted octanol–water partition coefficient (Wildman–Crippen LogP) is 11.8. The fourth-order valence-electron chi connectivity index (χ4n) is 7.01. The minimum atomic E-state index is 0.608. The number of para-hydroxylation sites is 2. The summed E-state index contributed by atoms with van der Waals surface area (Å²) in [4.78, 5) is 19.6. The molecular weight excluding hydrogens is 625 g/mol. The van der Waals surface area contributed by atoms with Gasteiger partial charge in [-0.05, 0) is 58.5 Å². The Hall–Kier alpha value is -6.98. The number of hydrogen-bond donors (Lipinski definition) is 0. The third-order valence-electron chi connectivity index (χ3n) is 9.53. The molecule has 10 rings (SSSR count). The van der Waals surface area contributed by atoms with Crippen molar-refractivity contribution in [2.75, 3.05) is 0 Å². The lowest BCUT2D eigenvalue weighted by atomic mass is 9.93. The standard InChI is InChI=1S/C46H28N4O/c1-3-12-29(13-4-1)44-48-45(30-14-5-2-6-15-30)50-46(49-44)33-17-11-16-32(24-33)39-26-35(27-40-37-19-8-10-21-42(37)51-43(39)40)31-22-23-34-28-47-41-20-9-7-18-36(41)38(34)25-31/h1-28H. The smallest absolute Gasteiger partial charge is 0.164 e. The summed E-state index contributed by atoms with van der Waals surface area (Å²) in [5.41, 5.74) is 9.70. The first-order valence-corrected chi connectivity index (χ1v) is 17.0. The van der Waals surface area contributed by atoms with Crippen molar-refractivity contribution in [1.29, 1.82) is 0 Å². The van der Waals surface area contributed by atoms with Crippen molar-refractivity contribution < 1.29 is 4.42 Å². The van der Waals surface area contributed by atoms with Gasteiger partial charge in [0, 0.05) is 50.0 Å². The molecule has 0 saturated heterocycles. The van der Waals surface area contributed by atoms with Crippen molar-refractivity contribution in [2.45, 2.75) is 0 Å². The van der Waals surface area contributed by atoms with Gasteiger partial charge < -0.3 is 4.42 Å². The molecule has 5 heteroatoms. The van der Waals surface area contributed by atoms with E-state index in [0.717, 1.165) is 77.2 Å². The molecule has 0 bridgehead atoms. The Morgan fingerprint density at radius 1 is 0.373 bits per heavy atom. The van der Waals surface area contributed by atoms with E-state index >= 15 is 0 Å². The van der Waals surface area contributed by atoms with E-state index in [1.165, 1.54) is 5.39 Å². The molecule has 5 nitrogen and oxygen atoms in total. The highest BCUT2D eigenvalue weighted by Gasteiger charge is 2.18. The maximum absolute atomic E-state index is 6.61. The highest BCUT2D eigenvalue weighted by atomic mass is 16.3. The number of rotatable bonds is 5. The number of benzene rings is 7. The van der Waals surface area contributed by atoms with E-state index in [4.69, 9.17) is 19.4 Å². The molecule has 10 aromatic rings. The van der Waals surface area contributed by atoms with Crippen LogP contribution in [-0.4, -0.2) is 19.9 Å². The first-order valence-electron chi connectivity index (χ1n) is 17.0. The molecule has 3 heterocycles. The van der Waals surface area contributed by atoms with Crippen LogP contribution in [0.4, 0.5) is 0 Å². The lowest BCUT2D eigenvalue weighted by molar-refractivity contribution is 0.670. The van der Waals surface area contributed by atoms with Gasteiger partial charge in [-0.25, -0.2) is 15.0 Å². The third-order valence-corrected chi connectivity index (χ3v) is 9.53. The maximum Gasteiger partial charge on any atom is 0.164 e. The molecule has 0 N–H and O–H groups in total. The van der Waals surface area contributed by atoms with Crippen LogP contribution < -0.4 is 0 Å². The lowest BCUT2D eigenvalue weighted by Crippen LogP contribution is -2.00. The zero-order valence-corrected chi connectivity index (χ0v) is 27.4. The molecule has 0 atom stereocenters. The lowest BCUT2D eigenvalue weighted by Gasteiger charge is -2.12. The van der Waals surface area contributed by atoms with Crippen molar-refractivity contribution in [3.63, 3.8) is 0 Å². The van der Waals surface area contributed by atoms with Crippen LogP contribution in [0.5, 0.6) is 0 Å². The van der Waals surface area contributed by atoms with Crippen molar-refractivity contribution >= 4 is 43.6 Å². The topological polar surface area (TPSA) is 64.7 Å². The molecule has 0 fully saturated rings. The van der Waals surface area contributed by atoms with Crippen LogP contribution in [0.15, 0.2) is 174 Å². The molecule has 0 aliphatic heterocycles. The average Bonchev–Trinajstić information content (AvgIpc) is 3.59. The molecule has 0 spiro atoms. The Morgan fingerprint density at radius 3 is 1.75 bits per heavy atom. The molecule has 7 aromatic carbocycles. The van der Waals surface area contributed by atoms with Crippen molar-refractivity contribution in [2.24, 2.45) is 0 Å². The number of pyridine rings is 1. The summed E-state index contributed by atoms with van der Waals surface area (Å²) in [5.74, 6) is 1.87. The van der Waals surface area contributed by atoms with E-state index in [1.54, 1.807) is 0 Å². The van der Waals surface area contributed by atoms with E-state index in [1.807, 2.05) is 85.1 Å². The number of aromatic nitrogens is 4. The molecule has 0 saturated carbocycles. The summed E-state index contributed by atoms with van der Waals surface area (Å²) in [5, 5.41) is 5.59. The summed E-state index contributed by atoms with van der Waals surface area (Å²) in [6, 6.07) is 56.2. The highest BCUT2D eigenvalue weighted by molar-refractivity contribution is 6.12. The summed E-state index contributed by atoms with van der Waals surface area (Å²) >= 11 is 0. The number of furan rings is 1. The molecule has 0 unspecified atom stereocenters. The van der Waals surface area contributed by atoms with E-state index in [-0.39, 0.29) is 0 Å². The van der Waals surface area contributed by atoms with Gasteiger partial charge in [-0.3, -0.25) is 4.98 Å². The Morgan fingerprint density at radius 2 is 0.980 bits per heavy atom. The molecule has 0 radical (unpaired) electrons. The first kappa shape index (κ1) is 29.0. The molecule has 0 amide bonds. The van der Waals surface area contributed by atoms with E-state index in [2.05, 4.69) is 89.9 Å². The van der Waals surface area contributed by atoms with Gasteiger partial charge >= 0.3 is 0 Å². The highest BCUT2D eigenvalue weighted by Crippen LogP contribution is 2.41. The van der Waals surface area contributed by atoms with Crippen LogP contribution in [0.2, 0.25) is 0 Å². The second-order valence-corrected chi connectivity index (χ2v) is 12.7. The van der Waals surface area contributed by atoms with Gasteiger partial charge in [0.25, 0.3) is 0 Å². The van der Waals surface area contributed by atoms with Gasteiger partial charge in [0.2, 0.25) is 0 Å². The van der Waals surface area contributed by atoms with Gasteiger partial charge in [0.1, 0.15) is 11.2 Å². The minimum Gasteiger partial charge on any atom is -0.455 e. The third kappa shape index (κ3) is 5.11. The van der Waals surface area contributed by atoms with Crippen LogP contribution in [0, 0.1) is 0 Å². The predicted molar refractivity (Wildman–Crippen MR) is 207 cm³/mol. The van der Waals surface area contributed by atoms with Gasteiger partial charge in [-0.15, -0.1) is 0 Å². The SMILES string of the molecule is c1ccc(-c2nc(-c3ccccc3)nc(-c3cccc(-c4cc(-c5ccc6cnc7ccccc7c6c5)cc5c4oc4ccccc45)c3)n2)cc1. The number of hydrogen-bond acceptors (Lipinski definition) is 5. The molecule has 51 heavy (non-hydrogen) atoms. The molecule has 0 aliphatic carbocycles. The maximum atomic E-state index is 6.61. The molecule has 3 aromatic heterocycles. The van der Waals surface area contributed by atoms with Crippen molar-refractivity contribution in [3.05, 3.63) is 170 Å². The van der Waals surface area contributed by atoms with Gasteiger partial charge in [-0.1, -0.05) is 127 Å². The number of fused-ring (bicyclic) bond motifs is 6.